The molecule has 1 rings (SSSR count). The van der Waals surface area contributed by atoms with Crippen LogP contribution in [0, 0.1) is 0 Å². The molecule has 0 bridgehead atoms. The van der Waals surface area contributed by atoms with Crippen molar-refractivity contribution in [2.45, 2.75) is 12.6 Å². The molecule has 1 atom stereocenters. The van der Waals surface area contributed by atoms with E-state index in [9.17, 15) is 4.79 Å². The first kappa shape index (κ1) is 11.6. The number of rotatable bonds is 4. The molecule has 0 aromatic carbocycles. The third kappa shape index (κ3) is 3.38. The zero-order valence-corrected chi connectivity index (χ0v) is 9.77. The maximum Gasteiger partial charge on any atom is 0.239 e. The Morgan fingerprint density at radius 1 is 1.79 bits per heavy atom. The van der Waals surface area contributed by atoms with Crippen LogP contribution in [0.25, 0.3) is 0 Å². The summed E-state index contributed by atoms with van der Waals surface area (Å²) in [7, 11) is 0. The third-order valence-corrected chi connectivity index (χ3v) is 3.29. The number of amides is 1. The predicted octanol–water partition coefficient (Wildman–Crippen LogP) is 0.446. The van der Waals surface area contributed by atoms with Gasteiger partial charge in [-0.15, -0.1) is 11.3 Å². The molecule has 78 valence electrons. The number of nitrogens with two attached hydrogens (primary N) is 1. The van der Waals surface area contributed by atoms with Gasteiger partial charge in [-0.3, -0.25) is 4.79 Å². The lowest BCUT2D eigenvalue weighted by Gasteiger charge is -2.07. The molecule has 6 heteroatoms. The molecule has 0 radical (unpaired) electrons. The third-order valence-electron chi connectivity index (χ3n) is 1.59. The van der Waals surface area contributed by atoms with Gasteiger partial charge in [0.05, 0.1) is 13.2 Å². The molecule has 1 aromatic rings. The van der Waals surface area contributed by atoms with Gasteiger partial charge < -0.3 is 16.2 Å². The average molecular weight is 279 g/mol. The molecule has 0 fully saturated rings. The number of carbonyl (C=O) groups is 1. The Hall–Kier alpha value is -0.430. The smallest absolute Gasteiger partial charge is 0.239 e. The van der Waals surface area contributed by atoms with Gasteiger partial charge in [-0.05, 0) is 22.0 Å². The molecule has 4 N–H and O–H groups in total. The number of thiophene rings is 1. The van der Waals surface area contributed by atoms with Crippen molar-refractivity contribution in [3.63, 3.8) is 0 Å². The van der Waals surface area contributed by atoms with Crippen molar-refractivity contribution in [3.05, 3.63) is 20.8 Å². The Morgan fingerprint density at radius 3 is 3.00 bits per heavy atom. The van der Waals surface area contributed by atoms with Gasteiger partial charge in [-0.2, -0.15) is 0 Å². The number of aliphatic hydroxyl groups excluding tert-OH is 1. The summed E-state index contributed by atoms with van der Waals surface area (Å²) in [4.78, 5) is 12.2. The van der Waals surface area contributed by atoms with E-state index in [0.29, 0.717) is 6.54 Å². The highest BCUT2D eigenvalue weighted by atomic mass is 79.9. The van der Waals surface area contributed by atoms with E-state index in [-0.39, 0.29) is 12.5 Å². The summed E-state index contributed by atoms with van der Waals surface area (Å²) in [5, 5.41) is 13.2. The van der Waals surface area contributed by atoms with Crippen molar-refractivity contribution >= 4 is 33.2 Å². The van der Waals surface area contributed by atoms with Crippen molar-refractivity contribution in [2.24, 2.45) is 5.73 Å². The van der Waals surface area contributed by atoms with E-state index in [4.69, 9.17) is 10.8 Å². The molecule has 4 nitrogen and oxygen atoms in total. The first-order valence-electron chi connectivity index (χ1n) is 4.00. The van der Waals surface area contributed by atoms with Gasteiger partial charge in [0.1, 0.15) is 6.04 Å². The zero-order valence-electron chi connectivity index (χ0n) is 7.37. The fourth-order valence-electron chi connectivity index (χ4n) is 0.835. The lowest BCUT2D eigenvalue weighted by molar-refractivity contribution is -0.123. The zero-order chi connectivity index (χ0) is 10.6. The topological polar surface area (TPSA) is 75.3 Å². The predicted molar refractivity (Wildman–Crippen MR) is 58.9 cm³/mol. The second-order valence-corrected chi connectivity index (χ2v) is 4.65. The number of hydrogen-bond donors (Lipinski definition) is 3. The first-order valence-corrected chi connectivity index (χ1v) is 5.68. The minimum Gasteiger partial charge on any atom is -0.394 e. The van der Waals surface area contributed by atoms with Gasteiger partial charge in [0.25, 0.3) is 0 Å². The molecular weight excluding hydrogens is 268 g/mol. The molecule has 0 aliphatic carbocycles. The largest absolute Gasteiger partial charge is 0.394 e. The van der Waals surface area contributed by atoms with Crippen LogP contribution in [0.3, 0.4) is 0 Å². The van der Waals surface area contributed by atoms with E-state index in [1.54, 1.807) is 11.3 Å². The van der Waals surface area contributed by atoms with E-state index in [1.165, 1.54) is 0 Å². The fraction of sp³-hybridized carbons (Fsp3) is 0.375. The molecule has 1 unspecified atom stereocenters. The van der Waals surface area contributed by atoms with E-state index >= 15 is 0 Å². The summed E-state index contributed by atoms with van der Waals surface area (Å²) in [6.07, 6.45) is 0. The van der Waals surface area contributed by atoms with Crippen LogP contribution in [-0.4, -0.2) is 23.7 Å². The normalized spacial score (nSPS) is 12.5. The van der Waals surface area contributed by atoms with Gasteiger partial charge in [0.2, 0.25) is 5.91 Å². The van der Waals surface area contributed by atoms with Crippen LogP contribution in [0.4, 0.5) is 0 Å². The van der Waals surface area contributed by atoms with Crippen LogP contribution in [0.2, 0.25) is 0 Å². The first-order chi connectivity index (χ1) is 6.63. The van der Waals surface area contributed by atoms with Gasteiger partial charge in [0.15, 0.2) is 0 Å². The summed E-state index contributed by atoms with van der Waals surface area (Å²) in [5.41, 5.74) is 5.32. The molecule has 14 heavy (non-hydrogen) atoms. The summed E-state index contributed by atoms with van der Waals surface area (Å²) in [5.74, 6) is -0.336. The number of nitrogens with one attached hydrogen (secondary N) is 1. The summed E-state index contributed by atoms with van der Waals surface area (Å²) in [6.45, 7) is 0.114. The monoisotopic (exact) mass is 278 g/mol. The van der Waals surface area contributed by atoms with Gasteiger partial charge in [-0.1, -0.05) is 0 Å². The Morgan fingerprint density at radius 2 is 2.50 bits per heavy atom. The molecule has 0 aliphatic heterocycles. The summed E-state index contributed by atoms with van der Waals surface area (Å²) in [6, 6.07) is 1.09. The Bertz CT molecular complexity index is 316. The van der Waals surface area contributed by atoms with Gasteiger partial charge >= 0.3 is 0 Å². The molecule has 1 heterocycles. The molecule has 1 aromatic heterocycles. The number of aliphatic hydroxyl groups is 1. The second-order valence-electron chi connectivity index (χ2n) is 2.74. The maximum atomic E-state index is 11.2. The lowest BCUT2D eigenvalue weighted by Crippen LogP contribution is -2.42. The van der Waals surface area contributed by atoms with Crippen LogP contribution >= 0.6 is 27.3 Å². The van der Waals surface area contributed by atoms with Crippen molar-refractivity contribution in [1.29, 1.82) is 0 Å². The van der Waals surface area contributed by atoms with Crippen LogP contribution in [0.1, 0.15) is 4.88 Å². The minimum atomic E-state index is -0.835. The highest BCUT2D eigenvalue weighted by Crippen LogP contribution is 2.19. The average Bonchev–Trinajstić information content (AvgIpc) is 2.59. The maximum absolute atomic E-state index is 11.2. The van der Waals surface area contributed by atoms with Crippen LogP contribution in [0.5, 0.6) is 0 Å². The summed E-state index contributed by atoms with van der Waals surface area (Å²) >= 11 is 4.86. The van der Waals surface area contributed by atoms with Crippen LogP contribution < -0.4 is 11.1 Å². The van der Waals surface area contributed by atoms with Crippen molar-refractivity contribution in [1.82, 2.24) is 5.32 Å². The Labute approximate surface area is 94.2 Å². The quantitative estimate of drug-likeness (QED) is 0.749. The second kappa shape index (κ2) is 5.45. The molecule has 1 amide bonds. The van der Waals surface area contributed by atoms with Crippen molar-refractivity contribution in [2.75, 3.05) is 6.61 Å². The lowest BCUT2D eigenvalue weighted by atomic mass is 10.3. The van der Waals surface area contributed by atoms with Crippen molar-refractivity contribution in [3.8, 4) is 0 Å². The standard InChI is InChI=1S/C8H11BrN2O2S/c9-5-1-6(14-4-5)2-11-8(13)7(10)3-12/h1,4,7,12H,2-3,10H2,(H,11,13). The van der Waals surface area contributed by atoms with Crippen LogP contribution in [-0.2, 0) is 11.3 Å². The fourth-order valence-corrected chi connectivity index (χ4v) is 2.23. The Kier molecular flexibility index (Phi) is 4.53. The van der Waals surface area contributed by atoms with Crippen molar-refractivity contribution < 1.29 is 9.90 Å². The molecule has 0 saturated carbocycles. The van der Waals surface area contributed by atoms with Gasteiger partial charge in [-0.25, -0.2) is 0 Å². The highest BCUT2D eigenvalue weighted by Gasteiger charge is 2.11. The molecule has 0 aliphatic rings. The minimum absolute atomic E-state index is 0.333. The van der Waals surface area contributed by atoms with Gasteiger partial charge in [0, 0.05) is 14.7 Å². The van der Waals surface area contributed by atoms with E-state index in [2.05, 4.69) is 21.2 Å². The van der Waals surface area contributed by atoms with Crippen LogP contribution in [0.15, 0.2) is 15.9 Å². The number of carbonyl (C=O) groups excluding carboxylic acids is 1. The number of halogens is 1. The molecular formula is C8H11BrN2O2S. The van der Waals surface area contributed by atoms with E-state index < -0.39 is 6.04 Å². The SMILES string of the molecule is NC(CO)C(=O)NCc1cc(Br)cs1. The molecule has 0 saturated heterocycles. The van der Waals surface area contributed by atoms with E-state index in [1.807, 2.05) is 11.4 Å². The Balaban J connectivity index is 2.37. The highest BCUT2D eigenvalue weighted by molar-refractivity contribution is 9.10. The van der Waals surface area contributed by atoms with E-state index in [0.717, 1.165) is 9.35 Å². The summed E-state index contributed by atoms with van der Waals surface area (Å²) < 4.78 is 0.998. The molecule has 0 spiro atoms. The number of hydrogen-bond acceptors (Lipinski definition) is 4.